The van der Waals surface area contributed by atoms with Crippen molar-refractivity contribution in [2.75, 3.05) is 6.61 Å². The average molecular weight is 357 g/mol. The van der Waals surface area contributed by atoms with Gasteiger partial charge in [-0.05, 0) is 19.9 Å². The van der Waals surface area contributed by atoms with Crippen molar-refractivity contribution in [3.63, 3.8) is 0 Å². The number of aromatic amines is 1. The lowest BCUT2D eigenvalue weighted by atomic mass is 10.2. The van der Waals surface area contributed by atoms with Gasteiger partial charge in [-0.25, -0.2) is 5.43 Å². The van der Waals surface area contributed by atoms with Crippen LogP contribution < -0.4 is 10.2 Å². The molecule has 122 valence electrons. The molecule has 2 aromatic rings. The first kappa shape index (κ1) is 17.1. The largest absolute Gasteiger partial charge is 0.504 e. The van der Waals surface area contributed by atoms with E-state index in [4.69, 9.17) is 27.9 Å². The number of H-pyrrole nitrogens is 1. The number of nitrogens with one attached hydrogen (secondary N) is 2. The lowest BCUT2D eigenvalue weighted by molar-refractivity contribution is 0.0950. The molecular formula is C14H14Cl2N4O3. The highest BCUT2D eigenvalue weighted by Gasteiger charge is 2.15. The highest BCUT2D eigenvalue weighted by molar-refractivity contribution is 6.43. The minimum absolute atomic E-state index is 0.0984. The molecule has 2 rings (SSSR count). The number of phenols is 1. The predicted molar refractivity (Wildman–Crippen MR) is 87.7 cm³/mol. The number of phenolic OH excluding ortho intramolecular Hbond substituents is 1. The highest BCUT2D eigenvalue weighted by atomic mass is 35.5. The SMILES string of the molecule is CCOc1cc(Cl)c(Cl)c(/C=N/NC(=O)c2cc(C)[nH]n2)c1O. The number of carbonyl (C=O) groups is 1. The molecule has 7 nitrogen and oxygen atoms in total. The van der Waals surface area contributed by atoms with E-state index in [-0.39, 0.29) is 32.8 Å². The molecule has 3 N–H and O–H groups in total. The van der Waals surface area contributed by atoms with Gasteiger partial charge in [0.25, 0.3) is 5.91 Å². The molecule has 1 aromatic heterocycles. The van der Waals surface area contributed by atoms with Crippen molar-refractivity contribution in [3.8, 4) is 11.5 Å². The maximum absolute atomic E-state index is 11.8. The lowest BCUT2D eigenvalue weighted by Crippen LogP contribution is -2.18. The third-order valence-corrected chi connectivity index (χ3v) is 3.59. The van der Waals surface area contributed by atoms with E-state index in [0.29, 0.717) is 6.61 Å². The van der Waals surface area contributed by atoms with Gasteiger partial charge in [0.1, 0.15) is 0 Å². The van der Waals surface area contributed by atoms with Gasteiger partial charge in [0.05, 0.1) is 28.4 Å². The predicted octanol–water partition coefficient (Wildman–Crippen LogP) is 2.89. The van der Waals surface area contributed by atoms with Crippen molar-refractivity contribution in [1.29, 1.82) is 0 Å². The maximum atomic E-state index is 11.8. The molecule has 0 atom stereocenters. The molecule has 0 bridgehead atoms. The number of amides is 1. The Kier molecular flexibility index (Phi) is 5.46. The Morgan fingerprint density at radius 3 is 2.87 bits per heavy atom. The number of aromatic nitrogens is 2. The summed E-state index contributed by atoms with van der Waals surface area (Å²) in [5.41, 5.74) is 3.36. The number of aryl methyl sites for hydroxylation is 1. The molecule has 1 aromatic carbocycles. The molecule has 0 fully saturated rings. The smallest absolute Gasteiger partial charge is 0.291 e. The van der Waals surface area contributed by atoms with Gasteiger partial charge in [-0.3, -0.25) is 9.89 Å². The fourth-order valence-corrected chi connectivity index (χ4v) is 2.14. The van der Waals surface area contributed by atoms with Crippen LogP contribution in [-0.2, 0) is 0 Å². The van der Waals surface area contributed by atoms with Crippen molar-refractivity contribution in [3.05, 3.63) is 39.1 Å². The van der Waals surface area contributed by atoms with E-state index in [1.165, 1.54) is 12.3 Å². The van der Waals surface area contributed by atoms with Crippen LogP contribution in [-0.4, -0.2) is 34.0 Å². The highest BCUT2D eigenvalue weighted by Crippen LogP contribution is 2.39. The van der Waals surface area contributed by atoms with Crippen LogP contribution in [0, 0.1) is 6.92 Å². The Bertz CT molecular complexity index is 759. The molecule has 1 amide bonds. The van der Waals surface area contributed by atoms with Gasteiger partial charge >= 0.3 is 0 Å². The molecule has 0 saturated heterocycles. The number of aromatic hydroxyl groups is 1. The first-order chi connectivity index (χ1) is 10.9. The average Bonchev–Trinajstić information content (AvgIpc) is 2.95. The maximum Gasteiger partial charge on any atom is 0.291 e. The van der Waals surface area contributed by atoms with Gasteiger partial charge in [0, 0.05) is 11.8 Å². The molecule has 0 radical (unpaired) electrons. The number of ether oxygens (including phenoxy) is 1. The van der Waals surface area contributed by atoms with Crippen LogP contribution in [0.15, 0.2) is 17.2 Å². The minimum Gasteiger partial charge on any atom is -0.504 e. The monoisotopic (exact) mass is 356 g/mol. The van der Waals surface area contributed by atoms with Gasteiger partial charge in [0.2, 0.25) is 0 Å². The van der Waals surface area contributed by atoms with Crippen molar-refractivity contribution in [1.82, 2.24) is 15.6 Å². The quantitative estimate of drug-likeness (QED) is 0.566. The van der Waals surface area contributed by atoms with Crippen molar-refractivity contribution >= 4 is 35.3 Å². The molecule has 0 spiro atoms. The van der Waals surface area contributed by atoms with Crippen LogP contribution in [0.1, 0.15) is 28.7 Å². The Balaban J connectivity index is 2.20. The molecule has 0 aliphatic heterocycles. The van der Waals surface area contributed by atoms with Crippen molar-refractivity contribution in [2.45, 2.75) is 13.8 Å². The Labute approximate surface area is 142 Å². The number of rotatable bonds is 5. The van der Waals surface area contributed by atoms with Gasteiger partial charge in [0.15, 0.2) is 17.2 Å². The van der Waals surface area contributed by atoms with E-state index < -0.39 is 5.91 Å². The summed E-state index contributed by atoms with van der Waals surface area (Å²) in [6.07, 6.45) is 1.18. The Morgan fingerprint density at radius 2 is 2.26 bits per heavy atom. The van der Waals surface area contributed by atoms with E-state index in [0.717, 1.165) is 5.69 Å². The Morgan fingerprint density at radius 1 is 1.52 bits per heavy atom. The first-order valence-corrected chi connectivity index (χ1v) is 7.38. The lowest BCUT2D eigenvalue weighted by Gasteiger charge is -2.10. The van der Waals surface area contributed by atoms with E-state index >= 15 is 0 Å². The molecule has 0 unspecified atom stereocenters. The number of benzene rings is 1. The van der Waals surface area contributed by atoms with Crippen LogP contribution in [0.4, 0.5) is 0 Å². The van der Waals surface area contributed by atoms with Crippen molar-refractivity contribution in [2.24, 2.45) is 5.10 Å². The fourth-order valence-electron chi connectivity index (χ4n) is 1.74. The number of hydrogen-bond acceptors (Lipinski definition) is 5. The van der Waals surface area contributed by atoms with E-state index in [1.807, 2.05) is 0 Å². The number of halogens is 2. The standard InChI is InChI=1S/C14H14Cl2N4O3/c1-3-23-11-5-9(15)12(16)8(13(11)21)6-17-20-14(22)10-4-7(2)18-19-10/h4-6,21H,3H2,1-2H3,(H,18,19)(H,20,22)/b17-6+. The van der Waals surface area contributed by atoms with Crippen LogP contribution in [0.2, 0.25) is 10.0 Å². The number of nitrogens with zero attached hydrogens (tertiary/aromatic N) is 2. The molecule has 1 heterocycles. The summed E-state index contributed by atoms with van der Waals surface area (Å²) in [5, 5.41) is 20.6. The second kappa shape index (κ2) is 7.34. The zero-order valence-electron chi connectivity index (χ0n) is 12.4. The summed E-state index contributed by atoms with van der Waals surface area (Å²) in [5.74, 6) is -0.541. The zero-order chi connectivity index (χ0) is 17.0. The van der Waals surface area contributed by atoms with Gasteiger partial charge in [-0.1, -0.05) is 23.2 Å². The summed E-state index contributed by atoms with van der Waals surface area (Å²) in [6, 6.07) is 2.98. The number of carbonyl (C=O) groups excluding carboxylic acids is 1. The van der Waals surface area contributed by atoms with Crippen LogP contribution >= 0.6 is 23.2 Å². The molecule has 0 aliphatic carbocycles. The summed E-state index contributed by atoms with van der Waals surface area (Å²) in [7, 11) is 0. The first-order valence-electron chi connectivity index (χ1n) is 6.63. The third kappa shape index (κ3) is 3.94. The van der Waals surface area contributed by atoms with Gasteiger partial charge < -0.3 is 9.84 Å². The van der Waals surface area contributed by atoms with E-state index in [9.17, 15) is 9.90 Å². The summed E-state index contributed by atoms with van der Waals surface area (Å²) >= 11 is 12.0. The number of hydrazone groups is 1. The van der Waals surface area contributed by atoms with Gasteiger partial charge in [-0.2, -0.15) is 10.2 Å². The minimum atomic E-state index is -0.506. The van der Waals surface area contributed by atoms with Crippen molar-refractivity contribution < 1.29 is 14.6 Å². The second-order valence-corrected chi connectivity index (χ2v) is 5.29. The van der Waals surface area contributed by atoms with Crippen LogP contribution in [0.3, 0.4) is 0 Å². The number of hydrogen-bond donors (Lipinski definition) is 3. The topological polar surface area (TPSA) is 99.6 Å². The molecular weight excluding hydrogens is 343 g/mol. The molecule has 0 aliphatic rings. The molecule has 9 heteroatoms. The van der Waals surface area contributed by atoms with E-state index in [2.05, 4.69) is 20.7 Å². The molecule has 0 saturated carbocycles. The normalized spacial score (nSPS) is 11.0. The summed E-state index contributed by atoms with van der Waals surface area (Å²) in [4.78, 5) is 11.8. The fraction of sp³-hybridized carbons (Fsp3) is 0.214. The molecule has 23 heavy (non-hydrogen) atoms. The van der Waals surface area contributed by atoms with Crippen LogP contribution in [0.25, 0.3) is 0 Å². The Hall–Kier alpha value is -2.25. The second-order valence-electron chi connectivity index (χ2n) is 4.50. The summed E-state index contributed by atoms with van der Waals surface area (Å²) < 4.78 is 5.26. The van der Waals surface area contributed by atoms with Crippen LogP contribution in [0.5, 0.6) is 11.5 Å². The summed E-state index contributed by atoms with van der Waals surface area (Å²) in [6.45, 7) is 3.88. The third-order valence-electron chi connectivity index (χ3n) is 2.79. The van der Waals surface area contributed by atoms with Gasteiger partial charge in [-0.15, -0.1) is 0 Å². The zero-order valence-corrected chi connectivity index (χ0v) is 13.9. The van der Waals surface area contributed by atoms with E-state index in [1.54, 1.807) is 19.9 Å².